The van der Waals surface area contributed by atoms with Crippen LogP contribution < -0.4 is 5.32 Å². The molecule has 0 aromatic carbocycles. The van der Waals surface area contributed by atoms with Crippen LogP contribution in [0.25, 0.3) is 0 Å². The third-order valence-corrected chi connectivity index (χ3v) is 4.10. The van der Waals surface area contributed by atoms with E-state index < -0.39 is 0 Å². The normalized spacial score (nSPS) is 23.2. The molecule has 1 heterocycles. The van der Waals surface area contributed by atoms with Crippen LogP contribution in [-0.4, -0.2) is 39.5 Å². The monoisotopic (exact) mass is 257 g/mol. The zero-order valence-corrected chi connectivity index (χ0v) is 12.4. The number of hydrogen-bond acceptors (Lipinski definition) is 3. The molecular weight excluding hydrogens is 226 g/mol. The first-order valence-electron chi connectivity index (χ1n) is 7.64. The van der Waals surface area contributed by atoms with Crippen LogP contribution in [0.2, 0.25) is 0 Å². The molecule has 1 saturated heterocycles. The van der Waals surface area contributed by atoms with E-state index in [2.05, 4.69) is 19.2 Å². The highest BCUT2D eigenvalue weighted by Gasteiger charge is 2.24. The Morgan fingerprint density at radius 2 is 2.17 bits per heavy atom. The Hall–Kier alpha value is -0.120. The first-order valence-corrected chi connectivity index (χ1v) is 7.64. The molecular formula is C15H31NO2. The zero-order valence-electron chi connectivity index (χ0n) is 12.4. The maximum Gasteiger partial charge on any atom is 0.0623 e. The molecule has 0 radical (unpaired) electrons. The Labute approximate surface area is 113 Å². The summed E-state index contributed by atoms with van der Waals surface area (Å²) in [6, 6.07) is 0.455. The summed E-state index contributed by atoms with van der Waals surface area (Å²) in [5.41, 5.74) is 0. The van der Waals surface area contributed by atoms with Gasteiger partial charge in [-0.25, -0.2) is 0 Å². The van der Waals surface area contributed by atoms with Crippen molar-refractivity contribution >= 4 is 0 Å². The van der Waals surface area contributed by atoms with Gasteiger partial charge in [0.15, 0.2) is 0 Å². The van der Waals surface area contributed by atoms with E-state index in [0.29, 0.717) is 12.0 Å². The van der Waals surface area contributed by atoms with Gasteiger partial charge in [0, 0.05) is 25.2 Å². The standard InChI is InChI=1S/C15H31NO2/c1-4-6-7-13(5-2)10-18-12-15(16-3)14-8-9-17-11-14/h13-16H,4-12H2,1-3H3. The van der Waals surface area contributed by atoms with E-state index in [1.807, 2.05) is 7.05 Å². The number of ether oxygens (including phenoxy) is 2. The topological polar surface area (TPSA) is 30.5 Å². The number of rotatable bonds is 10. The molecule has 18 heavy (non-hydrogen) atoms. The summed E-state index contributed by atoms with van der Waals surface area (Å²) in [6.45, 7) is 8.07. The summed E-state index contributed by atoms with van der Waals surface area (Å²) in [5.74, 6) is 1.37. The molecule has 1 rings (SSSR count). The van der Waals surface area contributed by atoms with Crippen molar-refractivity contribution in [2.45, 2.75) is 52.0 Å². The van der Waals surface area contributed by atoms with Crippen LogP contribution in [0, 0.1) is 11.8 Å². The van der Waals surface area contributed by atoms with Crippen molar-refractivity contribution in [3.05, 3.63) is 0 Å². The molecule has 1 aliphatic heterocycles. The van der Waals surface area contributed by atoms with Gasteiger partial charge >= 0.3 is 0 Å². The van der Waals surface area contributed by atoms with Crippen molar-refractivity contribution in [3.8, 4) is 0 Å². The smallest absolute Gasteiger partial charge is 0.0623 e. The second-order valence-electron chi connectivity index (χ2n) is 5.47. The van der Waals surface area contributed by atoms with Crippen molar-refractivity contribution < 1.29 is 9.47 Å². The molecule has 1 aliphatic rings. The van der Waals surface area contributed by atoms with E-state index >= 15 is 0 Å². The van der Waals surface area contributed by atoms with E-state index in [4.69, 9.17) is 9.47 Å². The Bertz CT molecular complexity index is 193. The lowest BCUT2D eigenvalue weighted by Crippen LogP contribution is -2.38. The molecule has 108 valence electrons. The van der Waals surface area contributed by atoms with Gasteiger partial charge in [-0.3, -0.25) is 0 Å². The number of unbranched alkanes of at least 4 members (excludes halogenated alkanes) is 1. The molecule has 1 fully saturated rings. The summed E-state index contributed by atoms with van der Waals surface area (Å²) < 4.78 is 11.4. The first kappa shape index (κ1) is 15.9. The highest BCUT2D eigenvalue weighted by atomic mass is 16.5. The highest BCUT2D eigenvalue weighted by molar-refractivity contribution is 4.78. The maximum absolute atomic E-state index is 5.93. The third kappa shape index (κ3) is 5.68. The van der Waals surface area contributed by atoms with Crippen molar-refractivity contribution in [2.24, 2.45) is 11.8 Å². The third-order valence-electron chi connectivity index (χ3n) is 4.10. The highest BCUT2D eigenvalue weighted by Crippen LogP contribution is 2.18. The van der Waals surface area contributed by atoms with Gasteiger partial charge in [0.1, 0.15) is 0 Å². The van der Waals surface area contributed by atoms with Crippen molar-refractivity contribution in [1.82, 2.24) is 5.32 Å². The Morgan fingerprint density at radius 3 is 2.72 bits per heavy atom. The zero-order chi connectivity index (χ0) is 13.2. The number of nitrogens with one attached hydrogen (secondary N) is 1. The summed E-state index contributed by atoms with van der Waals surface area (Å²) in [4.78, 5) is 0. The minimum Gasteiger partial charge on any atom is -0.381 e. The summed E-state index contributed by atoms with van der Waals surface area (Å²) in [7, 11) is 2.03. The average molecular weight is 257 g/mol. The average Bonchev–Trinajstić information content (AvgIpc) is 2.92. The van der Waals surface area contributed by atoms with Crippen LogP contribution in [-0.2, 0) is 9.47 Å². The molecule has 3 atom stereocenters. The summed E-state index contributed by atoms with van der Waals surface area (Å²) in [5, 5.41) is 3.37. The molecule has 3 nitrogen and oxygen atoms in total. The van der Waals surface area contributed by atoms with Gasteiger partial charge in [-0.1, -0.05) is 33.1 Å². The van der Waals surface area contributed by atoms with Crippen molar-refractivity contribution in [1.29, 1.82) is 0 Å². The molecule has 0 saturated carbocycles. The molecule has 0 aliphatic carbocycles. The predicted molar refractivity (Wildman–Crippen MR) is 75.9 cm³/mol. The second kappa shape index (κ2) is 9.76. The van der Waals surface area contributed by atoms with Gasteiger partial charge in [-0.2, -0.15) is 0 Å². The van der Waals surface area contributed by atoms with Gasteiger partial charge in [0.05, 0.1) is 13.2 Å². The SMILES string of the molecule is CCCCC(CC)COCC(NC)C1CCOC1. The largest absolute Gasteiger partial charge is 0.381 e. The van der Waals surface area contributed by atoms with E-state index in [9.17, 15) is 0 Å². The number of hydrogen-bond donors (Lipinski definition) is 1. The Kier molecular flexibility index (Phi) is 8.64. The molecule has 0 amide bonds. The fourth-order valence-electron chi connectivity index (χ4n) is 2.58. The lowest BCUT2D eigenvalue weighted by Gasteiger charge is -2.23. The molecule has 3 unspecified atom stereocenters. The van der Waals surface area contributed by atoms with Crippen LogP contribution in [0.4, 0.5) is 0 Å². The lowest BCUT2D eigenvalue weighted by atomic mass is 9.99. The van der Waals surface area contributed by atoms with Crippen LogP contribution in [0.3, 0.4) is 0 Å². The fourth-order valence-corrected chi connectivity index (χ4v) is 2.58. The van der Waals surface area contributed by atoms with Crippen LogP contribution >= 0.6 is 0 Å². The molecule has 0 aromatic heterocycles. The second-order valence-corrected chi connectivity index (χ2v) is 5.47. The van der Waals surface area contributed by atoms with Gasteiger partial charge < -0.3 is 14.8 Å². The van der Waals surface area contributed by atoms with Crippen LogP contribution in [0.1, 0.15) is 46.0 Å². The minimum atomic E-state index is 0.455. The number of likely N-dealkylation sites (N-methyl/N-ethyl adjacent to an activating group) is 1. The lowest BCUT2D eigenvalue weighted by molar-refractivity contribution is 0.0623. The van der Waals surface area contributed by atoms with Crippen molar-refractivity contribution in [3.63, 3.8) is 0 Å². The van der Waals surface area contributed by atoms with Gasteiger partial charge in [0.25, 0.3) is 0 Å². The van der Waals surface area contributed by atoms with Crippen LogP contribution in [0.5, 0.6) is 0 Å². The molecule has 1 N–H and O–H groups in total. The van der Waals surface area contributed by atoms with E-state index in [1.165, 1.54) is 32.1 Å². The van der Waals surface area contributed by atoms with E-state index in [1.54, 1.807) is 0 Å². The van der Waals surface area contributed by atoms with Gasteiger partial charge in [0.2, 0.25) is 0 Å². The Morgan fingerprint density at radius 1 is 1.33 bits per heavy atom. The Balaban J connectivity index is 2.16. The maximum atomic E-state index is 5.93. The molecule has 0 spiro atoms. The van der Waals surface area contributed by atoms with Crippen LogP contribution in [0.15, 0.2) is 0 Å². The molecule has 3 heteroatoms. The molecule has 0 aromatic rings. The molecule has 0 bridgehead atoms. The van der Waals surface area contributed by atoms with E-state index in [0.717, 1.165) is 32.3 Å². The van der Waals surface area contributed by atoms with Gasteiger partial charge in [-0.15, -0.1) is 0 Å². The van der Waals surface area contributed by atoms with Gasteiger partial charge in [-0.05, 0) is 25.8 Å². The first-order chi connectivity index (χ1) is 8.81. The van der Waals surface area contributed by atoms with Crippen molar-refractivity contribution in [2.75, 3.05) is 33.5 Å². The van der Waals surface area contributed by atoms with E-state index in [-0.39, 0.29) is 0 Å². The fraction of sp³-hybridized carbons (Fsp3) is 1.00. The summed E-state index contributed by atoms with van der Waals surface area (Å²) in [6.07, 6.45) is 6.32. The predicted octanol–water partition coefficient (Wildman–Crippen LogP) is 2.84. The quantitative estimate of drug-likeness (QED) is 0.653. The minimum absolute atomic E-state index is 0.455. The summed E-state index contributed by atoms with van der Waals surface area (Å²) >= 11 is 0.